The lowest BCUT2D eigenvalue weighted by Gasteiger charge is -2.33. The van der Waals surface area contributed by atoms with Crippen LogP contribution in [0.1, 0.15) is 39.2 Å². The minimum Gasteiger partial charge on any atom is -0.372 e. The second-order valence-corrected chi connectivity index (χ2v) is 7.67. The summed E-state index contributed by atoms with van der Waals surface area (Å²) in [6.07, 6.45) is 1.70. The van der Waals surface area contributed by atoms with E-state index in [1.54, 1.807) is 0 Å². The van der Waals surface area contributed by atoms with Gasteiger partial charge in [0.25, 0.3) is 0 Å². The minimum absolute atomic E-state index is 0.253. The van der Waals surface area contributed by atoms with E-state index in [0.717, 1.165) is 12.8 Å². The van der Waals surface area contributed by atoms with Crippen LogP contribution >= 0.6 is 0 Å². The first-order valence-corrected chi connectivity index (χ1v) is 8.06. The zero-order valence-electron chi connectivity index (χ0n) is 13.5. The topological polar surface area (TPSA) is 26.3 Å². The second kappa shape index (κ2) is 4.42. The van der Waals surface area contributed by atoms with Gasteiger partial charge < -0.3 is 4.74 Å². The Kier molecular flexibility index (Phi) is 2.80. The van der Waals surface area contributed by atoms with Crippen LogP contribution in [0.25, 0.3) is 5.57 Å². The van der Waals surface area contributed by atoms with Crippen molar-refractivity contribution < 1.29 is 9.53 Å². The SMILES string of the molecule is CC1(C)CC2=C3COCC3=C(c3ccccc3)C[C@]2(C)C1=O. The largest absolute Gasteiger partial charge is 0.372 e. The molecule has 0 unspecified atom stereocenters. The predicted molar refractivity (Wildman–Crippen MR) is 87.3 cm³/mol. The van der Waals surface area contributed by atoms with Crippen molar-refractivity contribution in [3.63, 3.8) is 0 Å². The average Bonchev–Trinajstić information content (AvgIpc) is 3.05. The van der Waals surface area contributed by atoms with E-state index in [4.69, 9.17) is 4.74 Å². The van der Waals surface area contributed by atoms with Gasteiger partial charge in [0.2, 0.25) is 0 Å². The van der Waals surface area contributed by atoms with E-state index in [0.29, 0.717) is 19.0 Å². The van der Waals surface area contributed by atoms with Crippen LogP contribution in [0.4, 0.5) is 0 Å². The summed E-state index contributed by atoms with van der Waals surface area (Å²) < 4.78 is 5.77. The first kappa shape index (κ1) is 14.0. The van der Waals surface area contributed by atoms with Crippen molar-refractivity contribution >= 4 is 11.4 Å². The number of rotatable bonds is 1. The van der Waals surface area contributed by atoms with E-state index in [1.165, 1.54) is 27.9 Å². The molecular formula is C20H22O2. The van der Waals surface area contributed by atoms with Crippen molar-refractivity contribution in [2.75, 3.05) is 13.2 Å². The van der Waals surface area contributed by atoms with Crippen molar-refractivity contribution in [3.05, 3.63) is 52.6 Å². The predicted octanol–water partition coefficient (Wildman–Crippen LogP) is 4.18. The number of ketones is 1. The number of hydrogen-bond acceptors (Lipinski definition) is 2. The molecule has 1 aliphatic heterocycles. The van der Waals surface area contributed by atoms with Crippen LogP contribution in [-0.2, 0) is 9.53 Å². The minimum atomic E-state index is -0.346. The van der Waals surface area contributed by atoms with Gasteiger partial charge in [0.15, 0.2) is 0 Å². The summed E-state index contributed by atoms with van der Waals surface area (Å²) in [4.78, 5) is 13.1. The summed E-state index contributed by atoms with van der Waals surface area (Å²) in [5.41, 5.74) is 5.94. The van der Waals surface area contributed by atoms with Crippen LogP contribution < -0.4 is 0 Å². The van der Waals surface area contributed by atoms with Crippen LogP contribution in [0.2, 0.25) is 0 Å². The highest BCUT2D eigenvalue weighted by Gasteiger charge is 2.55. The lowest BCUT2D eigenvalue weighted by Crippen LogP contribution is -2.32. The molecule has 2 fully saturated rings. The Morgan fingerprint density at radius 1 is 0.909 bits per heavy atom. The Morgan fingerprint density at radius 3 is 2.32 bits per heavy atom. The maximum Gasteiger partial charge on any atom is 0.149 e. The molecule has 22 heavy (non-hydrogen) atoms. The maximum absolute atomic E-state index is 13.1. The quantitative estimate of drug-likeness (QED) is 0.777. The number of Topliss-reactive ketones (excluding diaryl/α,β-unsaturated/α-hetero) is 1. The van der Waals surface area contributed by atoms with Crippen molar-refractivity contribution in [3.8, 4) is 0 Å². The first-order valence-electron chi connectivity index (χ1n) is 8.06. The highest BCUT2D eigenvalue weighted by atomic mass is 16.5. The average molecular weight is 294 g/mol. The van der Waals surface area contributed by atoms with Crippen molar-refractivity contribution in [2.45, 2.75) is 33.6 Å². The fraction of sp³-hybridized carbons (Fsp3) is 0.450. The van der Waals surface area contributed by atoms with Gasteiger partial charge in [-0.2, -0.15) is 0 Å². The first-order chi connectivity index (χ1) is 10.4. The standard InChI is InChI=1S/C20H22O2/c1-19(2)10-17-16-12-22-11-15(16)14(9-20(17,3)18(19)21)13-7-5-4-6-8-13/h4-8H,9-12H2,1-3H3/t20-/m0/s1. The van der Waals surface area contributed by atoms with E-state index >= 15 is 0 Å². The fourth-order valence-corrected chi connectivity index (χ4v) is 4.57. The zero-order valence-corrected chi connectivity index (χ0v) is 13.5. The zero-order chi connectivity index (χ0) is 15.5. The number of carbonyl (C=O) groups is 1. The molecule has 1 heterocycles. The number of hydrogen-bond donors (Lipinski definition) is 0. The molecule has 2 heteroatoms. The van der Waals surface area contributed by atoms with Crippen molar-refractivity contribution in [1.29, 1.82) is 0 Å². The van der Waals surface area contributed by atoms with Gasteiger partial charge >= 0.3 is 0 Å². The van der Waals surface area contributed by atoms with Gasteiger partial charge in [-0.1, -0.05) is 44.2 Å². The molecule has 0 spiro atoms. The third-order valence-electron chi connectivity index (χ3n) is 5.64. The summed E-state index contributed by atoms with van der Waals surface area (Å²) >= 11 is 0. The molecule has 0 amide bonds. The molecule has 3 aliphatic rings. The molecule has 1 saturated carbocycles. The Morgan fingerprint density at radius 2 is 1.59 bits per heavy atom. The van der Waals surface area contributed by atoms with Crippen LogP contribution in [0, 0.1) is 10.8 Å². The Hall–Kier alpha value is -1.67. The van der Waals surface area contributed by atoms with E-state index in [1.807, 2.05) is 6.07 Å². The molecule has 0 radical (unpaired) electrons. The van der Waals surface area contributed by atoms with E-state index in [9.17, 15) is 4.79 Å². The molecule has 1 atom stereocenters. The van der Waals surface area contributed by atoms with Crippen LogP contribution in [0.3, 0.4) is 0 Å². The molecule has 0 N–H and O–H groups in total. The summed E-state index contributed by atoms with van der Waals surface area (Å²) in [6.45, 7) is 7.67. The number of allylic oxidation sites excluding steroid dienone is 2. The molecule has 0 aromatic heterocycles. The number of benzene rings is 1. The summed E-state index contributed by atoms with van der Waals surface area (Å²) in [7, 11) is 0. The van der Waals surface area contributed by atoms with E-state index in [2.05, 4.69) is 45.0 Å². The van der Waals surface area contributed by atoms with Crippen LogP contribution in [0.15, 0.2) is 47.1 Å². The molecule has 1 aromatic carbocycles. The summed E-state index contributed by atoms with van der Waals surface area (Å²) in [5, 5.41) is 0. The molecule has 1 saturated heterocycles. The Labute approximate surface area is 131 Å². The molecule has 2 nitrogen and oxygen atoms in total. The number of ether oxygens (including phenoxy) is 1. The van der Waals surface area contributed by atoms with Crippen molar-refractivity contribution in [1.82, 2.24) is 0 Å². The number of carbonyl (C=O) groups excluding carboxylic acids is 1. The molecule has 114 valence electrons. The smallest absolute Gasteiger partial charge is 0.149 e. The lowest BCUT2D eigenvalue weighted by molar-refractivity contribution is -0.130. The highest BCUT2D eigenvalue weighted by molar-refractivity contribution is 5.99. The molecule has 1 aromatic rings. The fourth-order valence-electron chi connectivity index (χ4n) is 4.57. The van der Waals surface area contributed by atoms with Gasteiger partial charge in [-0.3, -0.25) is 4.79 Å². The maximum atomic E-state index is 13.1. The third-order valence-corrected chi connectivity index (χ3v) is 5.64. The molecule has 2 aliphatic carbocycles. The van der Waals surface area contributed by atoms with E-state index in [-0.39, 0.29) is 10.8 Å². The highest BCUT2D eigenvalue weighted by Crippen LogP contribution is 2.59. The molecular weight excluding hydrogens is 272 g/mol. The summed E-state index contributed by atoms with van der Waals surface area (Å²) in [6, 6.07) is 10.5. The normalized spacial score (nSPS) is 29.9. The van der Waals surface area contributed by atoms with Gasteiger partial charge in [0.1, 0.15) is 5.78 Å². The molecule has 4 rings (SSSR count). The van der Waals surface area contributed by atoms with Gasteiger partial charge in [-0.25, -0.2) is 0 Å². The monoisotopic (exact) mass is 294 g/mol. The number of fused-ring (bicyclic) bond motifs is 2. The second-order valence-electron chi connectivity index (χ2n) is 7.67. The van der Waals surface area contributed by atoms with E-state index < -0.39 is 0 Å². The lowest BCUT2D eigenvalue weighted by atomic mass is 9.68. The van der Waals surface area contributed by atoms with Gasteiger partial charge in [-0.15, -0.1) is 0 Å². The molecule has 0 bridgehead atoms. The van der Waals surface area contributed by atoms with Gasteiger partial charge in [0.05, 0.1) is 18.6 Å². The van der Waals surface area contributed by atoms with Gasteiger partial charge in [-0.05, 0) is 47.6 Å². The van der Waals surface area contributed by atoms with Crippen LogP contribution in [0.5, 0.6) is 0 Å². The Bertz CT molecular complexity index is 721. The van der Waals surface area contributed by atoms with Crippen LogP contribution in [-0.4, -0.2) is 19.0 Å². The summed E-state index contributed by atoms with van der Waals surface area (Å²) in [5.74, 6) is 0.391. The third kappa shape index (κ3) is 1.73. The Balaban J connectivity index is 1.92. The van der Waals surface area contributed by atoms with Gasteiger partial charge in [0, 0.05) is 5.41 Å². The van der Waals surface area contributed by atoms with Crippen molar-refractivity contribution in [2.24, 2.45) is 10.8 Å².